The summed E-state index contributed by atoms with van der Waals surface area (Å²) < 4.78 is 18.7. The van der Waals surface area contributed by atoms with Gasteiger partial charge in [0, 0.05) is 10.9 Å². The number of rotatable bonds is 5. The van der Waals surface area contributed by atoms with Crippen LogP contribution in [0.5, 0.6) is 0 Å². The van der Waals surface area contributed by atoms with Crippen molar-refractivity contribution >= 4 is 22.8 Å². The largest absolute Gasteiger partial charge is 0.480 e. The topological polar surface area (TPSA) is 79.5 Å². The van der Waals surface area contributed by atoms with E-state index in [0.717, 1.165) is 0 Å². The molecule has 2 N–H and O–H groups in total. The summed E-state index contributed by atoms with van der Waals surface area (Å²) in [5, 5.41) is 12.3. The molecule has 0 aliphatic rings. The number of benzene rings is 1. The Morgan fingerprint density at radius 3 is 2.68 bits per heavy atom. The predicted molar refractivity (Wildman–Crippen MR) is 79.3 cm³/mol. The monoisotopic (exact) mass is 307 g/mol. The van der Waals surface area contributed by atoms with E-state index in [1.54, 1.807) is 6.92 Å². The third-order valence-corrected chi connectivity index (χ3v) is 3.72. The summed E-state index contributed by atoms with van der Waals surface area (Å²) in [5.74, 6) is -2.15. The lowest BCUT2D eigenvalue weighted by atomic mass is 9.96. The van der Waals surface area contributed by atoms with Crippen LogP contribution in [0.4, 0.5) is 4.39 Å². The van der Waals surface area contributed by atoms with Crippen molar-refractivity contribution in [2.75, 3.05) is 0 Å². The minimum Gasteiger partial charge on any atom is -0.480 e. The van der Waals surface area contributed by atoms with Crippen molar-refractivity contribution in [1.29, 1.82) is 0 Å². The summed E-state index contributed by atoms with van der Waals surface area (Å²) >= 11 is 0. The van der Waals surface area contributed by atoms with E-state index in [2.05, 4.69) is 5.32 Å². The molecule has 118 valence electrons. The van der Waals surface area contributed by atoms with Crippen LogP contribution in [0.25, 0.3) is 11.0 Å². The maximum absolute atomic E-state index is 13.3. The minimum atomic E-state index is -1.37. The third kappa shape index (κ3) is 2.81. The number of halogens is 1. The molecule has 1 aromatic carbocycles. The van der Waals surface area contributed by atoms with Crippen molar-refractivity contribution in [3.8, 4) is 0 Å². The number of aliphatic carboxylic acids is 1. The first-order valence-corrected chi connectivity index (χ1v) is 7.03. The average molecular weight is 307 g/mol. The zero-order valence-electron chi connectivity index (χ0n) is 12.7. The molecule has 1 amide bonds. The number of aryl methyl sites for hydroxylation is 1. The number of hydrogen-bond donors (Lipinski definition) is 2. The standard InChI is InChI=1S/C16H18FNO4/c1-4-7-16(3,15(20)21)18-14(19)13-9(2)11-8-10(17)5-6-12(11)22-13/h5-6,8H,4,7H2,1-3H3,(H,18,19)(H,20,21). The van der Waals surface area contributed by atoms with Gasteiger partial charge in [0.2, 0.25) is 0 Å². The number of carboxylic acid groups (broad SMARTS) is 1. The summed E-state index contributed by atoms with van der Waals surface area (Å²) in [6, 6.07) is 3.97. The van der Waals surface area contributed by atoms with Crippen molar-refractivity contribution in [3.63, 3.8) is 0 Å². The highest BCUT2D eigenvalue weighted by molar-refractivity contribution is 6.01. The number of fused-ring (bicyclic) bond motifs is 1. The maximum Gasteiger partial charge on any atom is 0.329 e. The van der Waals surface area contributed by atoms with Gasteiger partial charge in [0.25, 0.3) is 5.91 Å². The van der Waals surface area contributed by atoms with Crippen LogP contribution in [-0.4, -0.2) is 22.5 Å². The molecule has 6 heteroatoms. The maximum atomic E-state index is 13.3. The molecule has 1 heterocycles. The Balaban J connectivity index is 2.37. The highest BCUT2D eigenvalue weighted by Gasteiger charge is 2.35. The van der Waals surface area contributed by atoms with Gasteiger partial charge in [-0.1, -0.05) is 13.3 Å². The van der Waals surface area contributed by atoms with E-state index in [1.807, 2.05) is 6.92 Å². The normalized spacial score (nSPS) is 13.8. The molecule has 1 aromatic heterocycles. The summed E-state index contributed by atoms with van der Waals surface area (Å²) in [4.78, 5) is 23.7. The van der Waals surface area contributed by atoms with Gasteiger partial charge in [0.15, 0.2) is 5.76 Å². The molecule has 0 fully saturated rings. The molecule has 0 aliphatic heterocycles. The van der Waals surface area contributed by atoms with Crippen molar-refractivity contribution in [1.82, 2.24) is 5.32 Å². The van der Waals surface area contributed by atoms with Crippen LogP contribution in [0.3, 0.4) is 0 Å². The molecule has 0 bridgehead atoms. The van der Waals surface area contributed by atoms with Gasteiger partial charge in [0.05, 0.1) is 0 Å². The molecule has 5 nitrogen and oxygen atoms in total. The molecule has 2 rings (SSSR count). The molecule has 0 saturated heterocycles. The highest BCUT2D eigenvalue weighted by Crippen LogP contribution is 2.26. The number of amides is 1. The third-order valence-electron chi connectivity index (χ3n) is 3.72. The second-order valence-corrected chi connectivity index (χ2v) is 5.54. The van der Waals surface area contributed by atoms with Gasteiger partial charge in [-0.25, -0.2) is 9.18 Å². The number of nitrogens with one attached hydrogen (secondary N) is 1. The molecule has 22 heavy (non-hydrogen) atoms. The van der Waals surface area contributed by atoms with Crippen LogP contribution < -0.4 is 5.32 Å². The lowest BCUT2D eigenvalue weighted by molar-refractivity contribution is -0.144. The Kier molecular flexibility index (Phi) is 4.21. The van der Waals surface area contributed by atoms with Gasteiger partial charge < -0.3 is 14.8 Å². The van der Waals surface area contributed by atoms with Gasteiger partial charge in [-0.15, -0.1) is 0 Å². The molecule has 1 unspecified atom stereocenters. The highest BCUT2D eigenvalue weighted by atomic mass is 19.1. The lowest BCUT2D eigenvalue weighted by Crippen LogP contribution is -2.52. The number of carbonyl (C=O) groups is 2. The Morgan fingerprint density at radius 2 is 2.09 bits per heavy atom. The summed E-state index contributed by atoms with van der Waals surface area (Å²) in [5.41, 5.74) is -0.504. The van der Waals surface area contributed by atoms with E-state index in [4.69, 9.17) is 4.42 Å². The minimum absolute atomic E-state index is 0.00387. The van der Waals surface area contributed by atoms with Crippen LogP contribution in [0.2, 0.25) is 0 Å². The average Bonchev–Trinajstić information content (AvgIpc) is 2.76. The number of furan rings is 1. The second kappa shape index (κ2) is 5.79. The number of hydrogen-bond acceptors (Lipinski definition) is 3. The SMILES string of the molecule is CCCC(C)(NC(=O)c1oc2ccc(F)cc2c1C)C(=O)O. The van der Waals surface area contributed by atoms with E-state index in [0.29, 0.717) is 29.4 Å². The first kappa shape index (κ1) is 16.0. The number of carbonyl (C=O) groups excluding carboxylic acids is 1. The lowest BCUT2D eigenvalue weighted by Gasteiger charge is -2.25. The smallest absolute Gasteiger partial charge is 0.329 e. The molecule has 0 spiro atoms. The Bertz CT molecular complexity index is 737. The van der Waals surface area contributed by atoms with Crippen molar-refractivity contribution in [2.45, 2.75) is 39.2 Å². The van der Waals surface area contributed by atoms with Crippen LogP contribution in [0.1, 0.15) is 42.8 Å². The van der Waals surface area contributed by atoms with E-state index in [9.17, 15) is 19.1 Å². The van der Waals surface area contributed by atoms with Gasteiger partial charge in [0.1, 0.15) is 16.9 Å². The molecule has 0 saturated carbocycles. The van der Waals surface area contributed by atoms with Gasteiger partial charge in [-0.2, -0.15) is 0 Å². The molecule has 0 radical (unpaired) electrons. The fourth-order valence-electron chi connectivity index (χ4n) is 2.44. The van der Waals surface area contributed by atoms with Crippen molar-refractivity contribution < 1.29 is 23.5 Å². The van der Waals surface area contributed by atoms with E-state index in [-0.39, 0.29) is 5.76 Å². The first-order valence-electron chi connectivity index (χ1n) is 7.03. The zero-order chi connectivity index (χ0) is 16.5. The summed E-state index contributed by atoms with van der Waals surface area (Å²) in [6.07, 6.45) is 0.898. The molecule has 1 atom stereocenters. The quantitative estimate of drug-likeness (QED) is 0.888. The Labute approximate surface area is 127 Å². The van der Waals surface area contributed by atoms with Crippen molar-refractivity contribution in [3.05, 3.63) is 35.3 Å². The van der Waals surface area contributed by atoms with E-state index in [1.165, 1.54) is 25.1 Å². The fraction of sp³-hybridized carbons (Fsp3) is 0.375. The molecular formula is C16H18FNO4. The van der Waals surface area contributed by atoms with Crippen LogP contribution in [0, 0.1) is 12.7 Å². The first-order chi connectivity index (χ1) is 10.3. The summed E-state index contributed by atoms with van der Waals surface area (Å²) in [7, 11) is 0. The van der Waals surface area contributed by atoms with E-state index < -0.39 is 23.2 Å². The summed E-state index contributed by atoms with van der Waals surface area (Å²) in [6.45, 7) is 4.93. The second-order valence-electron chi connectivity index (χ2n) is 5.54. The Hall–Kier alpha value is -2.37. The van der Waals surface area contributed by atoms with E-state index >= 15 is 0 Å². The molecular weight excluding hydrogens is 289 g/mol. The van der Waals surface area contributed by atoms with Crippen LogP contribution in [0.15, 0.2) is 22.6 Å². The zero-order valence-corrected chi connectivity index (χ0v) is 12.7. The number of carboxylic acids is 1. The van der Waals surface area contributed by atoms with Crippen LogP contribution in [-0.2, 0) is 4.79 Å². The van der Waals surface area contributed by atoms with Crippen molar-refractivity contribution in [2.24, 2.45) is 0 Å². The molecule has 2 aromatic rings. The predicted octanol–water partition coefficient (Wildman–Crippen LogP) is 3.25. The Morgan fingerprint density at radius 1 is 1.41 bits per heavy atom. The van der Waals surface area contributed by atoms with Gasteiger partial charge in [-0.3, -0.25) is 4.79 Å². The van der Waals surface area contributed by atoms with Crippen LogP contribution >= 0.6 is 0 Å². The van der Waals surface area contributed by atoms with Gasteiger partial charge in [-0.05, 0) is 38.5 Å². The fourth-order valence-corrected chi connectivity index (χ4v) is 2.44. The van der Waals surface area contributed by atoms with Gasteiger partial charge >= 0.3 is 5.97 Å². The molecule has 0 aliphatic carbocycles.